The van der Waals surface area contributed by atoms with E-state index in [4.69, 9.17) is 5.73 Å². The molecule has 70 valence electrons. The smallest absolute Gasteiger partial charge is 0.257 e. The van der Waals surface area contributed by atoms with Gasteiger partial charge < -0.3 is 5.73 Å². The molecule has 1 aliphatic carbocycles. The Hall–Kier alpha value is -0.440. The van der Waals surface area contributed by atoms with E-state index in [1.165, 1.54) is 0 Å². The summed E-state index contributed by atoms with van der Waals surface area (Å²) in [5.74, 6) is 0. The second-order valence-corrected chi connectivity index (χ2v) is 3.24. The van der Waals surface area contributed by atoms with Gasteiger partial charge in [-0.2, -0.15) is 0 Å². The molecule has 0 fully saturated rings. The zero-order valence-electron chi connectivity index (χ0n) is 7.10. The topological polar surface area (TPSA) is 26.0 Å². The van der Waals surface area contributed by atoms with E-state index in [1.54, 1.807) is 0 Å². The lowest BCUT2D eigenvalue weighted by atomic mass is 10.0. The highest BCUT2D eigenvalue weighted by molar-refractivity contribution is 5.12. The van der Waals surface area contributed by atoms with Crippen LogP contribution in [0.25, 0.3) is 0 Å². The summed E-state index contributed by atoms with van der Waals surface area (Å²) >= 11 is 0. The highest BCUT2D eigenvalue weighted by Crippen LogP contribution is 2.21. The van der Waals surface area contributed by atoms with Crippen molar-refractivity contribution in [1.29, 1.82) is 0 Å². The lowest BCUT2D eigenvalue weighted by Gasteiger charge is -2.13. The minimum atomic E-state index is -2.41. The van der Waals surface area contributed by atoms with E-state index < -0.39 is 12.5 Å². The minimum Gasteiger partial charge on any atom is -0.320 e. The van der Waals surface area contributed by atoms with E-state index in [-0.39, 0.29) is 0 Å². The van der Waals surface area contributed by atoms with Gasteiger partial charge in [0.05, 0.1) is 6.04 Å². The number of alkyl halides is 2. The SMILES string of the molecule is NC(C1=CCCCCC1)C(F)F. The maximum Gasteiger partial charge on any atom is 0.257 e. The maximum absolute atomic E-state index is 12.2. The average molecular weight is 175 g/mol. The normalized spacial score (nSPS) is 21.8. The average Bonchev–Trinajstić information content (AvgIpc) is 2.30. The van der Waals surface area contributed by atoms with Crippen LogP contribution in [0.2, 0.25) is 0 Å². The molecule has 12 heavy (non-hydrogen) atoms. The van der Waals surface area contributed by atoms with E-state index in [0.717, 1.165) is 37.7 Å². The first-order valence-electron chi connectivity index (χ1n) is 4.44. The van der Waals surface area contributed by atoms with Crippen molar-refractivity contribution >= 4 is 0 Å². The fourth-order valence-electron chi connectivity index (χ4n) is 1.50. The van der Waals surface area contributed by atoms with Crippen LogP contribution in [0.1, 0.15) is 32.1 Å². The number of allylic oxidation sites excluding steroid dienone is 1. The third kappa shape index (κ3) is 2.55. The molecular weight excluding hydrogens is 160 g/mol. The molecule has 3 heteroatoms. The van der Waals surface area contributed by atoms with Gasteiger partial charge in [0.15, 0.2) is 0 Å². The third-order valence-electron chi connectivity index (χ3n) is 2.28. The summed E-state index contributed by atoms with van der Waals surface area (Å²) in [5.41, 5.74) is 6.09. The van der Waals surface area contributed by atoms with Crippen molar-refractivity contribution in [3.8, 4) is 0 Å². The molecule has 0 aromatic carbocycles. The molecule has 1 aliphatic rings. The third-order valence-corrected chi connectivity index (χ3v) is 2.28. The summed E-state index contributed by atoms with van der Waals surface area (Å²) in [7, 11) is 0. The summed E-state index contributed by atoms with van der Waals surface area (Å²) < 4.78 is 24.4. The lowest BCUT2D eigenvalue weighted by Crippen LogP contribution is -2.30. The molecule has 1 unspecified atom stereocenters. The Morgan fingerprint density at radius 3 is 2.67 bits per heavy atom. The zero-order valence-corrected chi connectivity index (χ0v) is 7.10. The Kier molecular flexibility index (Phi) is 3.66. The quantitative estimate of drug-likeness (QED) is 0.641. The van der Waals surface area contributed by atoms with Crippen molar-refractivity contribution in [3.63, 3.8) is 0 Å². The number of nitrogens with two attached hydrogens (primary N) is 1. The molecule has 1 atom stereocenters. The van der Waals surface area contributed by atoms with Crippen molar-refractivity contribution in [3.05, 3.63) is 11.6 Å². The Morgan fingerprint density at radius 2 is 2.00 bits per heavy atom. The molecule has 0 saturated carbocycles. The molecule has 0 aromatic heterocycles. The van der Waals surface area contributed by atoms with E-state index in [9.17, 15) is 8.78 Å². The number of hydrogen-bond donors (Lipinski definition) is 1. The molecule has 0 amide bonds. The molecule has 0 aromatic rings. The van der Waals surface area contributed by atoms with Gasteiger partial charge in [-0.25, -0.2) is 8.78 Å². The molecule has 0 radical (unpaired) electrons. The Morgan fingerprint density at radius 1 is 1.25 bits per heavy atom. The van der Waals surface area contributed by atoms with E-state index in [1.807, 2.05) is 6.08 Å². The van der Waals surface area contributed by atoms with Gasteiger partial charge in [0.2, 0.25) is 0 Å². The van der Waals surface area contributed by atoms with Crippen LogP contribution in [0.4, 0.5) is 8.78 Å². The van der Waals surface area contributed by atoms with Gasteiger partial charge in [0, 0.05) is 0 Å². The minimum absolute atomic E-state index is 0.752. The lowest BCUT2D eigenvalue weighted by molar-refractivity contribution is 0.127. The summed E-state index contributed by atoms with van der Waals surface area (Å²) in [6.07, 6.45) is 4.40. The van der Waals surface area contributed by atoms with Crippen molar-refractivity contribution in [2.75, 3.05) is 0 Å². The second kappa shape index (κ2) is 4.55. The molecule has 2 N–H and O–H groups in total. The first kappa shape index (κ1) is 9.65. The predicted octanol–water partition coefficient (Wildman–Crippen LogP) is 2.47. The van der Waals surface area contributed by atoms with E-state index >= 15 is 0 Å². The second-order valence-electron chi connectivity index (χ2n) is 3.24. The fourth-order valence-corrected chi connectivity index (χ4v) is 1.50. The van der Waals surface area contributed by atoms with E-state index in [0.29, 0.717) is 0 Å². The molecule has 1 rings (SSSR count). The van der Waals surface area contributed by atoms with Gasteiger partial charge in [-0.1, -0.05) is 18.1 Å². The first-order chi connectivity index (χ1) is 5.72. The zero-order chi connectivity index (χ0) is 8.97. The van der Waals surface area contributed by atoms with Gasteiger partial charge in [-0.05, 0) is 25.7 Å². The van der Waals surface area contributed by atoms with Crippen LogP contribution in [0.5, 0.6) is 0 Å². The molecule has 1 nitrogen and oxygen atoms in total. The first-order valence-corrected chi connectivity index (χ1v) is 4.44. The van der Waals surface area contributed by atoms with Crippen LogP contribution in [-0.2, 0) is 0 Å². The molecule has 0 heterocycles. The fraction of sp³-hybridized carbons (Fsp3) is 0.778. The van der Waals surface area contributed by atoms with Gasteiger partial charge in [0.1, 0.15) is 0 Å². The maximum atomic E-state index is 12.2. The molecular formula is C9H15F2N. The number of rotatable bonds is 2. The van der Waals surface area contributed by atoms with Crippen molar-refractivity contribution < 1.29 is 8.78 Å². The largest absolute Gasteiger partial charge is 0.320 e. The van der Waals surface area contributed by atoms with Crippen LogP contribution >= 0.6 is 0 Å². The van der Waals surface area contributed by atoms with Crippen LogP contribution in [-0.4, -0.2) is 12.5 Å². The molecule has 0 saturated heterocycles. The summed E-state index contributed by atoms with van der Waals surface area (Å²) in [6.45, 7) is 0. The van der Waals surface area contributed by atoms with Gasteiger partial charge in [-0.15, -0.1) is 0 Å². The van der Waals surface area contributed by atoms with Gasteiger partial charge in [0.25, 0.3) is 6.43 Å². The molecule has 0 aliphatic heterocycles. The highest BCUT2D eigenvalue weighted by Gasteiger charge is 2.19. The summed E-state index contributed by atoms with van der Waals surface area (Å²) in [5, 5.41) is 0. The van der Waals surface area contributed by atoms with Crippen LogP contribution < -0.4 is 5.73 Å². The Labute approximate surface area is 71.6 Å². The summed E-state index contributed by atoms with van der Waals surface area (Å²) in [6, 6.07) is -1.02. The van der Waals surface area contributed by atoms with Crippen LogP contribution in [0, 0.1) is 0 Å². The standard InChI is InChI=1S/C9H15F2N/c10-9(11)8(12)7-5-3-1-2-4-6-7/h5,8-9H,1-4,6,12H2. The molecule has 0 spiro atoms. The Balaban J connectivity index is 2.52. The predicted molar refractivity (Wildman–Crippen MR) is 45.1 cm³/mol. The number of hydrogen-bond acceptors (Lipinski definition) is 1. The highest BCUT2D eigenvalue weighted by atomic mass is 19.3. The summed E-state index contributed by atoms with van der Waals surface area (Å²) in [4.78, 5) is 0. The van der Waals surface area contributed by atoms with Crippen molar-refractivity contribution in [2.24, 2.45) is 5.73 Å². The van der Waals surface area contributed by atoms with Crippen molar-refractivity contribution in [1.82, 2.24) is 0 Å². The van der Waals surface area contributed by atoms with Crippen molar-refractivity contribution in [2.45, 2.75) is 44.6 Å². The van der Waals surface area contributed by atoms with Crippen LogP contribution in [0.3, 0.4) is 0 Å². The van der Waals surface area contributed by atoms with Gasteiger partial charge in [-0.3, -0.25) is 0 Å². The van der Waals surface area contributed by atoms with E-state index in [2.05, 4.69) is 0 Å². The Bertz CT molecular complexity index is 166. The molecule has 0 bridgehead atoms. The van der Waals surface area contributed by atoms with Gasteiger partial charge >= 0.3 is 0 Å². The van der Waals surface area contributed by atoms with Crippen LogP contribution in [0.15, 0.2) is 11.6 Å². The number of halogens is 2. The monoisotopic (exact) mass is 175 g/mol.